The van der Waals surface area contributed by atoms with Gasteiger partial charge in [0.25, 0.3) is 0 Å². The van der Waals surface area contributed by atoms with E-state index in [0.717, 1.165) is 5.56 Å². The zero-order valence-corrected chi connectivity index (χ0v) is 14.9. The van der Waals surface area contributed by atoms with Gasteiger partial charge in [0, 0.05) is 24.8 Å². The summed E-state index contributed by atoms with van der Waals surface area (Å²) < 4.78 is 5.13. The standard InChI is InChI=1S/C18H22N4O4/c1-18(2,3)26-17(25)20-10-9-19-15-13(16(23)24)11-21-14(22-15)12-7-5-4-6-8-12/h4-8,11H,9-10H2,1-3H3,(H,20,25)(H,23,24)(H,19,21,22). The van der Waals surface area contributed by atoms with Crippen LogP contribution in [0.2, 0.25) is 0 Å². The Balaban J connectivity index is 2.03. The Bertz CT molecular complexity index is 773. The maximum Gasteiger partial charge on any atom is 0.407 e. The molecular weight excluding hydrogens is 336 g/mol. The molecule has 0 unspecified atom stereocenters. The quantitative estimate of drug-likeness (QED) is 0.680. The first-order valence-electron chi connectivity index (χ1n) is 8.13. The van der Waals surface area contributed by atoms with Crippen molar-refractivity contribution in [1.82, 2.24) is 15.3 Å². The van der Waals surface area contributed by atoms with Crippen molar-refractivity contribution < 1.29 is 19.4 Å². The van der Waals surface area contributed by atoms with E-state index in [1.807, 2.05) is 30.3 Å². The lowest BCUT2D eigenvalue weighted by molar-refractivity contribution is 0.0529. The van der Waals surface area contributed by atoms with Crippen molar-refractivity contribution in [3.05, 3.63) is 42.1 Å². The number of alkyl carbamates (subject to hydrolysis) is 1. The minimum absolute atomic E-state index is 0.0399. The van der Waals surface area contributed by atoms with Gasteiger partial charge < -0.3 is 20.5 Å². The summed E-state index contributed by atoms with van der Waals surface area (Å²) in [4.78, 5) is 31.4. The lowest BCUT2D eigenvalue weighted by Crippen LogP contribution is -2.35. The highest BCUT2D eigenvalue weighted by atomic mass is 16.6. The Morgan fingerprint density at radius 1 is 1.15 bits per heavy atom. The van der Waals surface area contributed by atoms with Crippen molar-refractivity contribution in [1.29, 1.82) is 0 Å². The molecule has 26 heavy (non-hydrogen) atoms. The highest BCUT2D eigenvalue weighted by Gasteiger charge is 2.16. The number of ether oxygens (including phenoxy) is 1. The Morgan fingerprint density at radius 2 is 1.85 bits per heavy atom. The van der Waals surface area contributed by atoms with Crippen LogP contribution in [0.15, 0.2) is 36.5 Å². The van der Waals surface area contributed by atoms with Crippen LogP contribution in [0.25, 0.3) is 11.4 Å². The summed E-state index contributed by atoms with van der Waals surface area (Å²) in [5.41, 5.74) is 0.159. The molecule has 0 saturated carbocycles. The average molecular weight is 358 g/mol. The zero-order chi connectivity index (χ0) is 19.2. The number of carbonyl (C=O) groups excluding carboxylic acids is 1. The Labute approximate surface area is 151 Å². The lowest BCUT2D eigenvalue weighted by atomic mass is 10.2. The fraction of sp³-hybridized carbons (Fsp3) is 0.333. The molecule has 1 aromatic heterocycles. The number of aromatic carboxylic acids is 1. The predicted molar refractivity (Wildman–Crippen MR) is 97.2 cm³/mol. The molecule has 8 heteroatoms. The Morgan fingerprint density at radius 3 is 2.46 bits per heavy atom. The molecule has 0 aliphatic carbocycles. The van der Waals surface area contributed by atoms with Crippen LogP contribution in [-0.4, -0.2) is 45.8 Å². The van der Waals surface area contributed by atoms with E-state index in [-0.39, 0.29) is 24.5 Å². The molecular formula is C18H22N4O4. The van der Waals surface area contributed by atoms with E-state index >= 15 is 0 Å². The number of benzene rings is 1. The first-order valence-corrected chi connectivity index (χ1v) is 8.13. The molecule has 0 aliphatic rings. The third-order valence-electron chi connectivity index (χ3n) is 3.14. The molecule has 0 aliphatic heterocycles. The smallest absolute Gasteiger partial charge is 0.407 e. The maximum absolute atomic E-state index is 11.6. The predicted octanol–water partition coefficient (Wildman–Crippen LogP) is 2.78. The van der Waals surface area contributed by atoms with Crippen LogP contribution in [0.4, 0.5) is 10.6 Å². The molecule has 1 amide bonds. The van der Waals surface area contributed by atoms with Gasteiger partial charge in [-0.05, 0) is 20.8 Å². The average Bonchev–Trinajstić information content (AvgIpc) is 2.57. The van der Waals surface area contributed by atoms with E-state index in [0.29, 0.717) is 5.82 Å². The van der Waals surface area contributed by atoms with Crippen LogP contribution in [0.1, 0.15) is 31.1 Å². The van der Waals surface area contributed by atoms with Crippen molar-refractivity contribution in [2.75, 3.05) is 18.4 Å². The number of hydrogen-bond donors (Lipinski definition) is 3. The normalized spacial score (nSPS) is 10.9. The molecule has 8 nitrogen and oxygen atoms in total. The largest absolute Gasteiger partial charge is 0.477 e. The number of amides is 1. The summed E-state index contributed by atoms with van der Waals surface area (Å²) in [5.74, 6) is -0.525. The second-order valence-corrected chi connectivity index (χ2v) is 6.48. The van der Waals surface area contributed by atoms with Gasteiger partial charge in [0.2, 0.25) is 0 Å². The molecule has 138 valence electrons. The number of carboxylic acids is 1. The highest BCUT2D eigenvalue weighted by Crippen LogP contribution is 2.19. The topological polar surface area (TPSA) is 113 Å². The van der Waals surface area contributed by atoms with E-state index in [1.165, 1.54) is 6.20 Å². The van der Waals surface area contributed by atoms with Gasteiger partial charge in [-0.2, -0.15) is 0 Å². The zero-order valence-electron chi connectivity index (χ0n) is 14.9. The third-order valence-corrected chi connectivity index (χ3v) is 3.14. The molecule has 0 bridgehead atoms. The van der Waals surface area contributed by atoms with Gasteiger partial charge in [-0.1, -0.05) is 30.3 Å². The van der Waals surface area contributed by atoms with Gasteiger partial charge in [-0.25, -0.2) is 19.6 Å². The molecule has 2 aromatic rings. The van der Waals surface area contributed by atoms with E-state index < -0.39 is 17.7 Å². The van der Waals surface area contributed by atoms with Gasteiger partial charge in [0.15, 0.2) is 5.82 Å². The van der Waals surface area contributed by atoms with Crippen LogP contribution >= 0.6 is 0 Å². The highest BCUT2D eigenvalue weighted by molar-refractivity contribution is 5.93. The minimum atomic E-state index is -1.13. The van der Waals surface area contributed by atoms with Gasteiger partial charge >= 0.3 is 12.1 Å². The molecule has 3 N–H and O–H groups in total. The summed E-state index contributed by atoms with van der Waals surface area (Å²) in [6, 6.07) is 9.24. The number of carboxylic acid groups (broad SMARTS) is 1. The number of carbonyl (C=O) groups is 2. The Kier molecular flexibility index (Phi) is 6.11. The fourth-order valence-corrected chi connectivity index (χ4v) is 2.06. The van der Waals surface area contributed by atoms with Crippen molar-refractivity contribution in [2.45, 2.75) is 26.4 Å². The SMILES string of the molecule is CC(C)(C)OC(=O)NCCNc1nc(-c2ccccc2)ncc1C(=O)O. The van der Waals surface area contributed by atoms with Crippen LogP contribution in [-0.2, 0) is 4.74 Å². The number of anilines is 1. The minimum Gasteiger partial charge on any atom is -0.477 e. The van der Waals surface area contributed by atoms with E-state index in [9.17, 15) is 14.7 Å². The van der Waals surface area contributed by atoms with Crippen LogP contribution in [0, 0.1) is 0 Å². The second kappa shape index (κ2) is 8.28. The summed E-state index contributed by atoms with van der Waals surface area (Å²) >= 11 is 0. The number of aromatic nitrogens is 2. The first-order chi connectivity index (χ1) is 12.3. The van der Waals surface area contributed by atoms with Gasteiger partial charge in [0.1, 0.15) is 17.0 Å². The van der Waals surface area contributed by atoms with Crippen LogP contribution < -0.4 is 10.6 Å². The van der Waals surface area contributed by atoms with Crippen molar-refractivity contribution in [3.8, 4) is 11.4 Å². The molecule has 0 fully saturated rings. The molecule has 0 spiro atoms. The van der Waals surface area contributed by atoms with Gasteiger partial charge in [-0.3, -0.25) is 0 Å². The molecule has 0 radical (unpaired) electrons. The summed E-state index contributed by atoms with van der Waals surface area (Å²) in [7, 11) is 0. The maximum atomic E-state index is 11.6. The summed E-state index contributed by atoms with van der Waals surface area (Å²) in [5, 5.41) is 14.8. The van der Waals surface area contributed by atoms with E-state index in [1.54, 1.807) is 20.8 Å². The van der Waals surface area contributed by atoms with Gasteiger partial charge in [-0.15, -0.1) is 0 Å². The number of nitrogens with zero attached hydrogens (tertiary/aromatic N) is 2. The number of nitrogens with one attached hydrogen (secondary N) is 2. The van der Waals surface area contributed by atoms with Crippen molar-refractivity contribution in [2.24, 2.45) is 0 Å². The second-order valence-electron chi connectivity index (χ2n) is 6.48. The van der Waals surface area contributed by atoms with Crippen molar-refractivity contribution >= 4 is 17.9 Å². The third kappa shape index (κ3) is 5.73. The molecule has 0 atom stereocenters. The molecule has 2 rings (SSSR count). The summed E-state index contributed by atoms with van der Waals surface area (Å²) in [6.07, 6.45) is 0.729. The number of rotatable bonds is 6. The fourth-order valence-electron chi connectivity index (χ4n) is 2.06. The summed E-state index contributed by atoms with van der Waals surface area (Å²) in [6.45, 7) is 5.85. The molecule has 0 saturated heterocycles. The van der Waals surface area contributed by atoms with E-state index in [2.05, 4.69) is 20.6 Å². The van der Waals surface area contributed by atoms with Crippen molar-refractivity contribution in [3.63, 3.8) is 0 Å². The lowest BCUT2D eigenvalue weighted by Gasteiger charge is -2.19. The first kappa shape index (κ1) is 19.2. The van der Waals surface area contributed by atoms with Crippen LogP contribution in [0.3, 0.4) is 0 Å². The molecule has 1 heterocycles. The monoisotopic (exact) mass is 358 g/mol. The van der Waals surface area contributed by atoms with Gasteiger partial charge in [0.05, 0.1) is 0 Å². The number of hydrogen-bond acceptors (Lipinski definition) is 6. The Hall–Kier alpha value is -3.16. The van der Waals surface area contributed by atoms with Crippen LogP contribution in [0.5, 0.6) is 0 Å². The molecule has 1 aromatic carbocycles. The van der Waals surface area contributed by atoms with E-state index in [4.69, 9.17) is 4.74 Å².